The molecule has 0 radical (unpaired) electrons. The molecule has 134 valence electrons. The molecule has 1 aromatic carbocycles. The minimum absolute atomic E-state index is 0.147. The molecule has 0 aromatic heterocycles. The van der Waals surface area contributed by atoms with Crippen LogP contribution in [0.2, 0.25) is 0 Å². The van der Waals surface area contributed by atoms with Crippen LogP contribution in [0, 0.1) is 6.92 Å². The third kappa shape index (κ3) is 7.09. The number of hydrogen-bond donors (Lipinski definition) is 3. The molecule has 0 fully saturated rings. The van der Waals surface area contributed by atoms with Gasteiger partial charge in [-0.2, -0.15) is 0 Å². The number of nitrogens with one attached hydrogen (secondary N) is 3. The summed E-state index contributed by atoms with van der Waals surface area (Å²) in [6, 6.07) is 3.83. The maximum Gasteiger partial charge on any atom is 0.408 e. The first-order chi connectivity index (χ1) is 11.0. The van der Waals surface area contributed by atoms with E-state index in [4.69, 9.17) is 51.8 Å². The Hall–Kier alpha value is 0.0100. The first-order valence-corrected chi connectivity index (χ1v) is 9.70. The molecule has 0 aliphatic rings. The number of carbonyl (C=O) groups is 1. The van der Waals surface area contributed by atoms with E-state index in [0.717, 1.165) is 14.5 Å². The van der Waals surface area contributed by atoms with Gasteiger partial charge in [0, 0.05) is 8.95 Å². The van der Waals surface area contributed by atoms with E-state index < -0.39 is 16.1 Å². The number of ether oxygens (including phenoxy) is 1. The van der Waals surface area contributed by atoms with Crippen molar-refractivity contribution in [1.29, 1.82) is 0 Å². The van der Waals surface area contributed by atoms with Crippen molar-refractivity contribution in [2.24, 2.45) is 0 Å². The maximum atomic E-state index is 11.6. The Kier molecular flexibility index (Phi) is 8.85. The Labute approximate surface area is 177 Å². The Morgan fingerprint density at radius 1 is 1.29 bits per heavy atom. The van der Waals surface area contributed by atoms with E-state index in [1.54, 1.807) is 6.92 Å². The number of alkyl halides is 3. The van der Waals surface area contributed by atoms with Crippen LogP contribution < -0.4 is 16.0 Å². The number of halogens is 5. The van der Waals surface area contributed by atoms with Crippen molar-refractivity contribution in [3.05, 3.63) is 26.6 Å². The average molecular weight is 543 g/mol. The number of aryl methyl sites for hydroxylation is 1. The summed E-state index contributed by atoms with van der Waals surface area (Å²) in [7, 11) is 0. The lowest BCUT2D eigenvalue weighted by Gasteiger charge is -2.27. The van der Waals surface area contributed by atoms with Crippen molar-refractivity contribution in [3.8, 4) is 0 Å². The number of anilines is 1. The van der Waals surface area contributed by atoms with Crippen LogP contribution in [-0.4, -0.2) is 27.8 Å². The molecule has 11 heteroatoms. The predicted octanol–water partition coefficient (Wildman–Crippen LogP) is 5.25. The van der Waals surface area contributed by atoms with Gasteiger partial charge in [-0.3, -0.25) is 5.32 Å². The number of rotatable bonds is 4. The van der Waals surface area contributed by atoms with Gasteiger partial charge < -0.3 is 15.4 Å². The van der Waals surface area contributed by atoms with Gasteiger partial charge in [-0.1, -0.05) is 34.8 Å². The van der Waals surface area contributed by atoms with Crippen LogP contribution in [0.3, 0.4) is 0 Å². The highest BCUT2D eigenvalue weighted by atomic mass is 79.9. The highest BCUT2D eigenvalue weighted by Gasteiger charge is 2.35. The molecule has 0 spiro atoms. The van der Waals surface area contributed by atoms with E-state index in [1.807, 2.05) is 19.1 Å². The Morgan fingerprint density at radius 3 is 2.29 bits per heavy atom. The first-order valence-electron chi connectivity index (χ1n) is 6.57. The molecule has 5 nitrogen and oxygen atoms in total. The van der Waals surface area contributed by atoms with E-state index in [9.17, 15) is 4.79 Å². The standard InChI is InChI=1S/C13H14Br2Cl3N3O2S/c1-3-23-12(22)21-10(13(16,17)18)20-11(24)19-9-7(14)4-6(2)5-8(9)15/h4-5,10H,3H2,1-2H3,(H,21,22)(H2,19,20,24)/t10-/m1/s1. The molecule has 1 aromatic rings. The highest BCUT2D eigenvalue weighted by molar-refractivity contribution is 9.11. The van der Waals surface area contributed by atoms with E-state index in [-0.39, 0.29) is 11.7 Å². The molecule has 0 aliphatic heterocycles. The molecule has 1 amide bonds. The number of alkyl carbamates (subject to hydrolysis) is 1. The number of benzene rings is 1. The van der Waals surface area contributed by atoms with E-state index >= 15 is 0 Å². The fraction of sp³-hybridized carbons (Fsp3) is 0.385. The van der Waals surface area contributed by atoms with Crippen molar-refractivity contribution < 1.29 is 9.53 Å². The lowest BCUT2D eigenvalue weighted by molar-refractivity contribution is 0.147. The lowest BCUT2D eigenvalue weighted by Crippen LogP contribution is -2.56. The molecule has 0 bridgehead atoms. The largest absolute Gasteiger partial charge is 0.450 e. The van der Waals surface area contributed by atoms with Crippen molar-refractivity contribution in [3.63, 3.8) is 0 Å². The van der Waals surface area contributed by atoms with Gasteiger partial charge >= 0.3 is 6.09 Å². The summed E-state index contributed by atoms with van der Waals surface area (Å²) in [6.45, 7) is 3.80. The zero-order valence-corrected chi connectivity index (χ0v) is 18.8. The van der Waals surface area contributed by atoms with Gasteiger partial charge in [0.05, 0.1) is 12.3 Å². The fourth-order valence-electron chi connectivity index (χ4n) is 1.59. The zero-order valence-electron chi connectivity index (χ0n) is 12.6. The van der Waals surface area contributed by atoms with Crippen LogP contribution in [0.4, 0.5) is 10.5 Å². The summed E-state index contributed by atoms with van der Waals surface area (Å²) < 4.78 is 4.51. The van der Waals surface area contributed by atoms with E-state index in [1.165, 1.54) is 0 Å². The normalized spacial score (nSPS) is 12.3. The van der Waals surface area contributed by atoms with Crippen LogP contribution in [0.1, 0.15) is 12.5 Å². The smallest absolute Gasteiger partial charge is 0.408 e. The Balaban J connectivity index is 2.84. The number of thiocarbonyl (C=S) groups is 1. The second-order valence-corrected chi connectivity index (χ2v) is 9.03. The zero-order chi connectivity index (χ0) is 18.5. The second kappa shape index (κ2) is 9.64. The van der Waals surface area contributed by atoms with Gasteiger partial charge in [0.15, 0.2) is 11.3 Å². The second-order valence-electron chi connectivity index (χ2n) is 4.54. The van der Waals surface area contributed by atoms with Crippen molar-refractivity contribution >= 4 is 95.8 Å². The highest BCUT2D eigenvalue weighted by Crippen LogP contribution is 2.33. The van der Waals surface area contributed by atoms with Crippen LogP contribution in [-0.2, 0) is 4.74 Å². The maximum absolute atomic E-state index is 11.6. The summed E-state index contributed by atoms with van der Waals surface area (Å²) in [5, 5.41) is 8.25. The van der Waals surface area contributed by atoms with Gasteiger partial charge in [-0.05, 0) is 75.6 Å². The molecule has 1 rings (SSSR count). The molecule has 1 atom stereocenters. The Morgan fingerprint density at radius 2 is 1.83 bits per heavy atom. The molecule has 0 saturated heterocycles. The molecular weight excluding hydrogens is 528 g/mol. The summed E-state index contributed by atoms with van der Waals surface area (Å²) in [5.41, 5.74) is 1.75. The van der Waals surface area contributed by atoms with E-state index in [2.05, 4.69) is 47.8 Å². The van der Waals surface area contributed by atoms with E-state index in [0.29, 0.717) is 5.69 Å². The molecule has 3 N–H and O–H groups in total. The van der Waals surface area contributed by atoms with Crippen molar-refractivity contribution in [2.75, 3.05) is 11.9 Å². The van der Waals surface area contributed by atoms with Crippen LogP contribution in [0.15, 0.2) is 21.1 Å². The lowest BCUT2D eigenvalue weighted by atomic mass is 10.2. The van der Waals surface area contributed by atoms with Gasteiger partial charge in [-0.15, -0.1) is 0 Å². The molecule has 0 saturated carbocycles. The van der Waals surface area contributed by atoms with Gasteiger partial charge in [0.25, 0.3) is 0 Å². The van der Waals surface area contributed by atoms with Crippen LogP contribution >= 0.6 is 78.9 Å². The molecule has 0 unspecified atom stereocenters. The summed E-state index contributed by atoms with van der Waals surface area (Å²) in [4.78, 5) is 11.6. The van der Waals surface area contributed by atoms with Crippen LogP contribution in [0.25, 0.3) is 0 Å². The first kappa shape index (κ1) is 22.1. The quantitative estimate of drug-likeness (QED) is 0.276. The third-order valence-corrected chi connectivity index (χ3v) is 4.69. The summed E-state index contributed by atoms with van der Waals surface area (Å²) >= 11 is 29.7. The topological polar surface area (TPSA) is 62.4 Å². The summed E-state index contributed by atoms with van der Waals surface area (Å²) in [6.07, 6.45) is -1.83. The molecule has 24 heavy (non-hydrogen) atoms. The van der Waals surface area contributed by atoms with Gasteiger partial charge in [-0.25, -0.2) is 4.79 Å². The predicted molar refractivity (Wildman–Crippen MR) is 110 cm³/mol. The Bertz CT molecular complexity index is 606. The van der Waals surface area contributed by atoms with Gasteiger partial charge in [0.2, 0.25) is 3.79 Å². The monoisotopic (exact) mass is 539 g/mol. The van der Waals surface area contributed by atoms with Gasteiger partial charge in [0.1, 0.15) is 0 Å². The minimum Gasteiger partial charge on any atom is -0.450 e. The van der Waals surface area contributed by atoms with Crippen LogP contribution in [0.5, 0.6) is 0 Å². The number of amides is 1. The fourth-order valence-corrected chi connectivity index (χ4v) is 3.75. The SMILES string of the molecule is CCOC(=O)N[C@@H](NC(=S)Nc1c(Br)cc(C)cc1Br)C(Cl)(Cl)Cl. The number of carbonyl (C=O) groups excluding carboxylic acids is 1. The minimum atomic E-state index is -1.85. The number of hydrogen-bond acceptors (Lipinski definition) is 3. The molecule has 0 aliphatic carbocycles. The summed E-state index contributed by atoms with van der Waals surface area (Å²) in [5.74, 6) is 0. The van der Waals surface area contributed by atoms with Crippen molar-refractivity contribution in [1.82, 2.24) is 10.6 Å². The third-order valence-electron chi connectivity index (χ3n) is 2.57. The molecule has 0 heterocycles. The van der Waals surface area contributed by atoms with Crippen molar-refractivity contribution in [2.45, 2.75) is 23.8 Å². The average Bonchev–Trinajstić information content (AvgIpc) is 2.41. The molecular formula is C13H14Br2Cl3N3O2S.